The molecular formula is C11H9Br2N3O2S2. The van der Waals surface area contributed by atoms with Crippen LogP contribution in [0, 0.1) is 0 Å². The molecular weight excluding hydrogens is 430 g/mol. The minimum Gasteiger partial charge on any atom is -0.293 e. The number of nitrogens with zero attached hydrogens (tertiary/aromatic N) is 2. The summed E-state index contributed by atoms with van der Waals surface area (Å²) in [6.45, 7) is 0. The molecule has 0 atom stereocenters. The van der Waals surface area contributed by atoms with Crippen LogP contribution in [0.5, 0.6) is 0 Å². The van der Waals surface area contributed by atoms with Crippen LogP contribution in [-0.4, -0.2) is 26.3 Å². The Morgan fingerprint density at radius 1 is 1.55 bits per heavy atom. The summed E-state index contributed by atoms with van der Waals surface area (Å²) in [5.41, 5.74) is 0.465. The summed E-state index contributed by atoms with van der Waals surface area (Å²) in [6.07, 6.45) is 2.01. The van der Waals surface area contributed by atoms with Gasteiger partial charge in [-0.3, -0.25) is 9.36 Å². The predicted octanol–water partition coefficient (Wildman–Crippen LogP) is 3.47. The van der Waals surface area contributed by atoms with E-state index in [1.54, 1.807) is 10.6 Å². The first-order valence-electron chi connectivity index (χ1n) is 5.84. The van der Waals surface area contributed by atoms with E-state index in [0.717, 1.165) is 20.4 Å². The van der Waals surface area contributed by atoms with E-state index >= 15 is 0 Å². The maximum atomic E-state index is 12.2. The van der Waals surface area contributed by atoms with Crippen LogP contribution in [0.25, 0.3) is 0 Å². The fourth-order valence-corrected chi connectivity index (χ4v) is 5.54. The van der Waals surface area contributed by atoms with Gasteiger partial charge in [0, 0.05) is 11.6 Å². The van der Waals surface area contributed by atoms with Crippen LogP contribution in [0.15, 0.2) is 23.6 Å². The number of thiophene rings is 1. The van der Waals surface area contributed by atoms with Crippen molar-refractivity contribution >= 4 is 60.7 Å². The standard InChI is InChI=1S/C11H9Br2N3O2S2/c12-8-3-6(9(13)20-8)7(17)4-19-11-15-14-10(18)16(11)5-1-2-5/h3,5H,1-2,4H2,(H,14,18). The lowest BCUT2D eigenvalue weighted by Gasteiger charge is -2.02. The number of aromatic nitrogens is 3. The van der Waals surface area contributed by atoms with Gasteiger partial charge in [-0.2, -0.15) is 0 Å². The van der Waals surface area contributed by atoms with E-state index in [1.165, 1.54) is 23.1 Å². The van der Waals surface area contributed by atoms with Crippen molar-refractivity contribution in [3.8, 4) is 0 Å². The van der Waals surface area contributed by atoms with Crippen molar-refractivity contribution in [2.45, 2.75) is 24.0 Å². The Labute approximate surface area is 139 Å². The van der Waals surface area contributed by atoms with Crippen molar-refractivity contribution < 1.29 is 4.79 Å². The van der Waals surface area contributed by atoms with Crippen LogP contribution in [0.1, 0.15) is 29.2 Å². The minimum absolute atomic E-state index is 0.0154. The van der Waals surface area contributed by atoms with Crippen LogP contribution in [0.4, 0.5) is 0 Å². The second-order valence-corrected chi connectivity index (χ2v) is 9.05. The van der Waals surface area contributed by atoms with Gasteiger partial charge in [0.15, 0.2) is 10.9 Å². The van der Waals surface area contributed by atoms with Crippen molar-refractivity contribution in [1.29, 1.82) is 0 Å². The molecule has 9 heteroatoms. The van der Waals surface area contributed by atoms with E-state index in [1.807, 2.05) is 0 Å². The molecule has 2 aromatic rings. The molecule has 0 aliphatic heterocycles. The van der Waals surface area contributed by atoms with E-state index in [-0.39, 0.29) is 23.3 Å². The van der Waals surface area contributed by atoms with Crippen LogP contribution >= 0.6 is 55.0 Å². The van der Waals surface area contributed by atoms with Gasteiger partial charge >= 0.3 is 5.69 Å². The van der Waals surface area contributed by atoms with Gasteiger partial charge in [-0.1, -0.05) is 11.8 Å². The van der Waals surface area contributed by atoms with Gasteiger partial charge in [0.05, 0.1) is 13.3 Å². The van der Waals surface area contributed by atoms with Gasteiger partial charge in [0.25, 0.3) is 0 Å². The number of carbonyl (C=O) groups is 1. The number of ketones is 1. The molecule has 0 saturated heterocycles. The second kappa shape index (κ2) is 5.78. The van der Waals surface area contributed by atoms with Crippen LogP contribution in [0.3, 0.4) is 0 Å². The lowest BCUT2D eigenvalue weighted by molar-refractivity contribution is 0.102. The third kappa shape index (κ3) is 2.95. The lowest BCUT2D eigenvalue weighted by atomic mass is 10.2. The van der Waals surface area contributed by atoms with Gasteiger partial charge in [0.2, 0.25) is 0 Å². The fraction of sp³-hybridized carbons (Fsp3) is 0.364. The molecule has 0 radical (unpaired) electrons. The number of aromatic amines is 1. The van der Waals surface area contributed by atoms with Gasteiger partial charge in [0.1, 0.15) is 0 Å². The molecule has 1 fully saturated rings. The Kier molecular flexibility index (Phi) is 4.21. The molecule has 0 aromatic carbocycles. The molecule has 1 saturated carbocycles. The first-order valence-corrected chi connectivity index (χ1v) is 9.23. The van der Waals surface area contributed by atoms with E-state index < -0.39 is 0 Å². The second-order valence-electron chi connectivity index (χ2n) is 4.36. The number of hydrogen-bond acceptors (Lipinski definition) is 5. The number of thioether (sulfide) groups is 1. The van der Waals surface area contributed by atoms with Crippen LogP contribution < -0.4 is 5.69 Å². The molecule has 106 valence electrons. The number of H-pyrrole nitrogens is 1. The minimum atomic E-state index is -0.193. The first-order chi connectivity index (χ1) is 9.56. The summed E-state index contributed by atoms with van der Waals surface area (Å²) >= 11 is 9.50. The summed E-state index contributed by atoms with van der Waals surface area (Å²) in [5, 5.41) is 7.03. The van der Waals surface area contributed by atoms with Crippen molar-refractivity contribution in [2.75, 3.05) is 5.75 Å². The highest BCUT2D eigenvalue weighted by molar-refractivity contribution is 9.12. The molecule has 1 aliphatic carbocycles. The zero-order chi connectivity index (χ0) is 14.3. The smallest absolute Gasteiger partial charge is 0.293 e. The molecule has 2 aromatic heterocycles. The predicted molar refractivity (Wildman–Crippen MR) is 85.9 cm³/mol. The highest BCUT2D eigenvalue weighted by atomic mass is 79.9. The molecule has 1 aliphatic rings. The lowest BCUT2D eigenvalue weighted by Crippen LogP contribution is -2.16. The molecule has 1 N–H and O–H groups in total. The number of carbonyl (C=O) groups excluding carboxylic acids is 1. The molecule has 0 spiro atoms. The SMILES string of the molecule is O=C(CSc1n[nH]c(=O)n1C1CC1)c1cc(Br)sc1Br. The number of hydrogen-bond donors (Lipinski definition) is 1. The van der Waals surface area contributed by atoms with Gasteiger partial charge in [-0.15, -0.1) is 16.4 Å². The maximum absolute atomic E-state index is 12.2. The fourth-order valence-electron chi connectivity index (χ4n) is 1.79. The summed E-state index contributed by atoms with van der Waals surface area (Å²) in [7, 11) is 0. The summed E-state index contributed by atoms with van der Waals surface area (Å²) in [5.74, 6) is 0.278. The Morgan fingerprint density at radius 2 is 2.30 bits per heavy atom. The maximum Gasteiger partial charge on any atom is 0.344 e. The Hall–Kier alpha value is -0.380. The highest BCUT2D eigenvalue weighted by Gasteiger charge is 2.29. The van der Waals surface area contributed by atoms with Gasteiger partial charge in [-0.25, -0.2) is 9.89 Å². The molecule has 3 rings (SSSR count). The Balaban J connectivity index is 1.72. The Morgan fingerprint density at radius 3 is 2.90 bits per heavy atom. The van der Waals surface area contributed by atoms with Crippen molar-refractivity contribution in [3.63, 3.8) is 0 Å². The molecule has 2 heterocycles. The number of rotatable bonds is 5. The van der Waals surface area contributed by atoms with Crippen molar-refractivity contribution in [1.82, 2.24) is 14.8 Å². The summed E-state index contributed by atoms with van der Waals surface area (Å²) < 4.78 is 3.38. The van der Waals surface area contributed by atoms with E-state index in [9.17, 15) is 9.59 Å². The average Bonchev–Trinajstić information content (AvgIpc) is 3.08. The van der Waals surface area contributed by atoms with E-state index in [0.29, 0.717) is 10.7 Å². The van der Waals surface area contributed by atoms with Crippen molar-refractivity contribution in [2.24, 2.45) is 0 Å². The van der Waals surface area contributed by atoms with Crippen LogP contribution in [0.2, 0.25) is 0 Å². The van der Waals surface area contributed by atoms with Gasteiger partial charge in [-0.05, 0) is 50.8 Å². The zero-order valence-electron chi connectivity index (χ0n) is 10.1. The molecule has 20 heavy (non-hydrogen) atoms. The monoisotopic (exact) mass is 437 g/mol. The van der Waals surface area contributed by atoms with Gasteiger partial charge < -0.3 is 0 Å². The number of nitrogens with one attached hydrogen (secondary N) is 1. The summed E-state index contributed by atoms with van der Waals surface area (Å²) in [6, 6.07) is 2.05. The molecule has 0 unspecified atom stereocenters. The number of halogens is 2. The third-order valence-electron chi connectivity index (χ3n) is 2.87. The third-order valence-corrected chi connectivity index (χ3v) is 6.17. The normalized spacial score (nSPS) is 14.7. The molecule has 5 nitrogen and oxygen atoms in total. The average molecular weight is 439 g/mol. The largest absolute Gasteiger partial charge is 0.344 e. The molecule has 0 bridgehead atoms. The quantitative estimate of drug-likeness (QED) is 0.573. The number of Topliss-reactive ketones (excluding diaryl/α,β-unsaturated/α-hetero) is 1. The van der Waals surface area contributed by atoms with Crippen molar-refractivity contribution in [3.05, 3.63) is 29.7 Å². The van der Waals surface area contributed by atoms with Crippen LogP contribution in [-0.2, 0) is 0 Å². The zero-order valence-corrected chi connectivity index (χ0v) is 14.9. The van der Waals surface area contributed by atoms with E-state index in [4.69, 9.17) is 0 Å². The molecule has 0 amide bonds. The first kappa shape index (κ1) is 14.6. The summed E-state index contributed by atoms with van der Waals surface area (Å²) in [4.78, 5) is 23.8. The Bertz CT molecular complexity index is 718. The topological polar surface area (TPSA) is 67.8 Å². The van der Waals surface area contributed by atoms with E-state index in [2.05, 4.69) is 42.1 Å². The highest BCUT2D eigenvalue weighted by Crippen LogP contribution is 2.36.